The first-order chi connectivity index (χ1) is 9.61. The first kappa shape index (κ1) is 14.1. The van der Waals surface area contributed by atoms with E-state index in [0.29, 0.717) is 5.82 Å². The first-order valence-corrected chi connectivity index (χ1v) is 6.63. The topological polar surface area (TPSA) is 67.0 Å². The second-order valence-corrected chi connectivity index (χ2v) is 4.68. The summed E-state index contributed by atoms with van der Waals surface area (Å²) >= 11 is 0. The van der Waals surface area contributed by atoms with E-state index in [4.69, 9.17) is 4.74 Å². The van der Waals surface area contributed by atoms with E-state index in [-0.39, 0.29) is 12.5 Å². The van der Waals surface area contributed by atoms with Crippen LogP contribution in [-0.4, -0.2) is 22.7 Å². The van der Waals surface area contributed by atoms with E-state index in [1.165, 1.54) is 0 Å². The molecular weight excluding hydrogens is 254 g/mol. The molecule has 2 aromatic rings. The van der Waals surface area contributed by atoms with Crippen LogP contribution in [0.25, 0.3) is 0 Å². The summed E-state index contributed by atoms with van der Waals surface area (Å²) in [6, 6.07) is 5.89. The van der Waals surface area contributed by atoms with Crippen LogP contribution in [0.4, 0.5) is 5.82 Å². The fourth-order valence-corrected chi connectivity index (χ4v) is 2.03. The Bertz CT molecular complexity index is 585. The van der Waals surface area contributed by atoms with Crippen molar-refractivity contribution >= 4 is 11.7 Å². The van der Waals surface area contributed by atoms with Gasteiger partial charge in [0.25, 0.3) is 5.91 Å². The van der Waals surface area contributed by atoms with E-state index in [2.05, 4.69) is 15.5 Å². The van der Waals surface area contributed by atoms with Crippen molar-refractivity contribution in [3.05, 3.63) is 41.1 Å². The van der Waals surface area contributed by atoms with Crippen LogP contribution in [0.1, 0.15) is 23.6 Å². The molecule has 0 aliphatic heterocycles. The quantitative estimate of drug-likeness (QED) is 0.880. The Morgan fingerprint density at radius 1 is 1.35 bits per heavy atom. The second-order valence-electron chi connectivity index (χ2n) is 4.68. The van der Waals surface area contributed by atoms with Gasteiger partial charge < -0.3 is 10.1 Å². The lowest BCUT2D eigenvalue weighted by molar-refractivity contribution is -0.118. The van der Waals surface area contributed by atoms with E-state index < -0.39 is 0 Å². The fraction of sp³-hybridized carbons (Fsp3) is 0.333. The Balaban J connectivity index is 1.96. The molecule has 0 unspecified atom stereocenters. The molecule has 0 spiro atoms. The molecule has 0 bridgehead atoms. The van der Waals surface area contributed by atoms with E-state index in [0.717, 1.165) is 28.9 Å². The highest BCUT2D eigenvalue weighted by Gasteiger charge is 2.10. The van der Waals surface area contributed by atoms with Crippen molar-refractivity contribution in [2.75, 3.05) is 11.9 Å². The maximum absolute atomic E-state index is 11.9. The predicted molar refractivity (Wildman–Crippen MR) is 78.0 cm³/mol. The molecule has 2 rings (SSSR count). The molecule has 0 saturated heterocycles. The summed E-state index contributed by atoms with van der Waals surface area (Å²) in [6.45, 7) is 5.91. The van der Waals surface area contributed by atoms with Crippen molar-refractivity contribution in [2.45, 2.75) is 27.2 Å². The molecule has 0 aliphatic carbocycles. The van der Waals surface area contributed by atoms with E-state index >= 15 is 0 Å². The van der Waals surface area contributed by atoms with Crippen LogP contribution >= 0.6 is 0 Å². The summed E-state index contributed by atoms with van der Waals surface area (Å²) in [5.41, 5.74) is 3.02. The van der Waals surface area contributed by atoms with E-state index in [1.54, 1.807) is 6.20 Å². The zero-order valence-electron chi connectivity index (χ0n) is 12.0. The van der Waals surface area contributed by atoms with Gasteiger partial charge in [0.2, 0.25) is 0 Å². The molecule has 20 heavy (non-hydrogen) atoms. The number of ether oxygens (including phenoxy) is 1. The molecule has 1 amide bonds. The highest BCUT2D eigenvalue weighted by atomic mass is 16.5. The number of nitrogens with zero attached hydrogens (tertiary/aromatic N) is 1. The summed E-state index contributed by atoms with van der Waals surface area (Å²) in [5.74, 6) is 1.21. The van der Waals surface area contributed by atoms with Crippen LogP contribution in [0.15, 0.2) is 24.4 Å². The largest absolute Gasteiger partial charge is 0.483 e. The van der Waals surface area contributed by atoms with Crippen molar-refractivity contribution in [1.82, 2.24) is 10.2 Å². The standard InChI is InChI=1S/C15H19N3O2/c1-4-12-8-16-18-15(12)17-13(19)9-20-14-10(2)6-5-7-11(14)3/h5-8H,4,9H2,1-3H3,(H2,16,17,18,19). The van der Waals surface area contributed by atoms with Crippen molar-refractivity contribution in [2.24, 2.45) is 0 Å². The molecule has 0 aliphatic rings. The molecule has 0 atom stereocenters. The monoisotopic (exact) mass is 273 g/mol. The molecule has 5 nitrogen and oxygen atoms in total. The van der Waals surface area contributed by atoms with Gasteiger partial charge in [-0.05, 0) is 31.4 Å². The molecule has 106 valence electrons. The van der Waals surface area contributed by atoms with Gasteiger partial charge >= 0.3 is 0 Å². The van der Waals surface area contributed by atoms with Gasteiger partial charge in [-0.1, -0.05) is 25.1 Å². The zero-order valence-corrected chi connectivity index (χ0v) is 12.0. The summed E-state index contributed by atoms with van der Waals surface area (Å²) < 4.78 is 5.61. The average molecular weight is 273 g/mol. The number of aromatic nitrogens is 2. The molecule has 2 N–H and O–H groups in total. The Morgan fingerprint density at radius 3 is 2.70 bits per heavy atom. The summed E-state index contributed by atoms with van der Waals surface area (Å²) in [6.07, 6.45) is 2.52. The highest BCUT2D eigenvalue weighted by molar-refractivity contribution is 5.91. The molecule has 0 saturated carbocycles. The molecule has 1 aromatic heterocycles. The first-order valence-electron chi connectivity index (χ1n) is 6.63. The van der Waals surface area contributed by atoms with Crippen LogP contribution in [-0.2, 0) is 11.2 Å². The number of hydrogen-bond donors (Lipinski definition) is 2. The van der Waals surface area contributed by atoms with Crippen molar-refractivity contribution in [3.8, 4) is 5.75 Å². The molecular formula is C15H19N3O2. The summed E-state index contributed by atoms with van der Waals surface area (Å²) in [4.78, 5) is 11.9. The molecule has 5 heteroatoms. The van der Waals surface area contributed by atoms with Gasteiger partial charge in [-0.2, -0.15) is 5.10 Å². The number of aryl methyl sites for hydroxylation is 3. The number of para-hydroxylation sites is 1. The zero-order chi connectivity index (χ0) is 14.5. The van der Waals surface area contributed by atoms with Gasteiger partial charge in [0.05, 0.1) is 6.20 Å². The Morgan fingerprint density at radius 2 is 2.05 bits per heavy atom. The minimum Gasteiger partial charge on any atom is -0.483 e. The number of H-pyrrole nitrogens is 1. The third kappa shape index (κ3) is 3.17. The van der Waals surface area contributed by atoms with Crippen molar-refractivity contribution in [3.63, 3.8) is 0 Å². The minimum atomic E-state index is -0.202. The molecule has 0 fully saturated rings. The van der Waals surface area contributed by atoms with Crippen LogP contribution < -0.4 is 10.1 Å². The van der Waals surface area contributed by atoms with Gasteiger partial charge in [-0.25, -0.2) is 0 Å². The lowest BCUT2D eigenvalue weighted by Crippen LogP contribution is -2.21. The van der Waals surface area contributed by atoms with Crippen molar-refractivity contribution in [1.29, 1.82) is 0 Å². The SMILES string of the molecule is CCc1cn[nH]c1NC(=O)COc1c(C)cccc1C. The van der Waals surface area contributed by atoms with Crippen LogP contribution in [0.2, 0.25) is 0 Å². The van der Waals surface area contributed by atoms with E-state index in [1.807, 2.05) is 39.0 Å². The minimum absolute atomic E-state index is 0.0200. The third-order valence-electron chi connectivity index (χ3n) is 3.12. The van der Waals surface area contributed by atoms with Crippen LogP contribution in [0.5, 0.6) is 5.75 Å². The van der Waals surface area contributed by atoms with Gasteiger partial charge in [0.15, 0.2) is 6.61 Å². The van der Waals surface area contributed by atoms with Gasteiger partial charge in [-0.3, -0.25) is 9.89 Å². The maximum atomic E-state index is 11.9. The number of rotatable bonds is 5. The van der Waals surface area contributed by atoms with E-state index in [9.17, 15) is 4.79 Å². The fourth-order valence-electron chi connectivity index (χ4n) is 2.03. The molecule has 0 radical (unpaired) electrons. The van der Waals surface area contributed by atoms with Gasteiger partial charge in [-0.15, -0.1) is 0 Å². The Kier molecular flexibility index (Phi) is 4.40. The van der Waals surface area contributed by atoms with Crippen LogP contribution in [0.3, 0.4) is 0 Å². The summed E-state index contributed by atoms with van der Waals surface area (Å²) in [5, 5.41) is 9.45. The number of carbonyl (C=O) groups excluding carboxylic acids is 1. The lowest BCUT2D eigenvalue weighted by atomic mass is 10.1. The number of amides is 1. The normalized spacial score (nSPS) is 10.3. The molecule has 1 heterocycles. The number of nitrogens with one attached hydrogen (secondary N) is 2. The lowest BCUT2D eigenvalue weighted by Gasteiger charge is -2.11. The number of carbonyl (C=O) groups is 1. The Hall–Kier alpha value is -2.30. The highest BCUT2D eigenvalue weighted by Crippen LogP contribution is 2.22. The number of benzene rings is 1. The maximum Gasteiger partial charge on any atom is 0.263 e. The summed E-state index contributed by atoms with van der Waals surface area (Å²) in [7, 11) is 0. The molecule has 1 aromatic carbocycles. The third-order valence-corrected chi connectivity index (χ3v) is 3.12. The predicted octanol–water partition coefficient (Wildman–Crippen LogP) is 2.61. The second kappa shape index (κ2) is 6.23. The van der Waals surface area contributed by atoms with Gasteiger partial charge in [0, 0.05) is 5.56 Å². The number of anilines is 1. The Labute approximate surface area is 118 Å². The number of aromatic amines is 1. The smallest absolute Gasteiger partial charge is 0.263 e. The van der Waals surface area contributed by atoms with Crippen molar-refractivity contribution < 1.29 is 9.53 Å². The number of hydrogen-bond acceptors (Lipinski definition) is 3. The average Bonchev–Trinajstić information content (AvgIpc) is 2.85. The van der Waals surface area contributed by atoms with Crippen LogP contribution in [0, 0.1) is 13.8 Å². The van der Waals surface area contributed by atoms with Gasteiger partial charge in [0.1, 0.15) is 11.6 Å².